The van der Waals surface area contributed by atoms with Crippen LogP contribution in [0.3, 0.4) is 0 Å². The Morgan fingerprint density at radius 1 is 1.59 bits per heavy atom. The number of carbonyl (C=O) groups excluding carboxylic acids is 1. The van der Waals surface area contributed by atoms with Gasteiger partial charge in [-0.1, -0.05) is 0 Å². The fourth-order valence-electron chi connectivity index (χ4n) is 1.53. The van der Waals surface area contributed by atoms with Crippen molar-refractivity contribution in [3.8, 4) is 0 Å². The molecule has 0 aliphatic carbocycles. The molecule has 94 valence electrons. The minimum Gasteiger partial charge on any atom is -0.467 e. The van der Waals surface area contributed by atoms with Crippen LogP contribution >= 0.6 is 22.6 Å². The molecule has 0 bridgehead atoms. The summed E-state index contributed by atoms with van der Waals surface area (Å²) in [5.74, 6) is -0.276. The van der Waals surface area contributed by atoms with Crippen LogP contribution < -0.4 is 11.1 Å². The third-order valence-corrected chi connectivity index (χ3v) is 3.08. The fourth-order valence-corrected chi connectivity index (χ4v) is 2.09. The molecule has 0 aliphatic rings. The van der Waals surface area contributed by atoms with E-state index in [0.29, 0.717) is 6.54 Å². The molecule has 0 radical (unpaired) electrons. The zero-order chi connectivity index (χ0) is 12.8. The first-order chi connectivity index (χ1) is 8.08. The number of benzene rings is 1. The summed E-state index contributed by atoms with van der Waals surface area (Å²) in [4.78, 5) is 11.3. The van der Waals surface area contributed by atoms with E-state index in [9.17, 15) is 4.79 Å². The Kier molecular flexibility index (Phi) is 5.70. The highest BCUT2D eigenvalue weighted by atomic mass is 127. The molecule has 1 atom stereocenters. The van der Waals surface area contributed by atoms with Gasteiger partial charge in [-0.25, -0.2) is 4.79 Å². The Bertz CT molecular complexity index is 396. The normalized spacial score (nSPS) is 12.0. The van der Waals surface area contributed by atoms with Crippen molar-refractivity contribution in [1.82, 2.24) is 0 Å². The number of hydrogen-bond acceptors (Lipinski definition) is 4. The highest BCUT2D eigenvalue weighted by Crippen LogP contribution is 2.20. The van der Waals surface area contributed by atoms with Gasteiger partial charge >= 0.3 is 5.97 Å². The third-order valence-electron chi connectivity index (χ3n) is 2.41. The van der Waals surface area contributed by atoms with Crippen LogP contribution in [0.25, 0.3) is 0 Å². The van der Waals surface area contributed by atoms with Crippen molar-refractivity contribution >= 4 is 34.2 Å². The van der Waals surface area contributed by atoms with Crippen LogP contribution in [0.2, 0.25) is 0 Å². The van der Waals surface area contributed by atoms with E-state index in [-0.39, 0.29) is 12.0 Å². The number of rotatable bonds is 5. The summed E-state index contributed by atoms with van der Waals surface area (Å²) < 4.78 is 5.84. The van der Waals surface area contributed by atoms with Crippen molar-refractivity contribution in [1.29, 1.82) is 0 Å². The van der Waals surface area contributed by atoms with E-state index in [1.54, 1.807) is 6.92 Å². The SMILES string of the molecule is COC(=O)[C@H](C)Nc1ccc(I)cc1CCN. The number of anilines is 1. The van der Waals surface area contributed by atoms with Gasteiger partial charge in [-0.2, -0.15) is 0 Å². The van der Waals surface area contributed by atoms with Gasteiger partial charge in [-0.05, 0) is 66.2 Å². The van der Waals surface area contributed by atoms with Gasteiger partial charge < -0.3 is 15.8 Å². The van der Waals surface area contributed by atoms with Crippen LogP contribution in [0.4, 0.5) is 5.69 Å². The molecule has 1 rings (SSSR count). The second-order valence-electron chi connectivity index (χ2n) is 3.73. The molecule has 1 aromatic rings. The van der Waals surface area contributed by atoms with Crippen molar-refractivity contribution in [3.63, 3.8) is 0 Å². The molecule has 0 saturated carbocycles. The second kappa shape index (κ2) is 6.80. The number of ether oxygens (including phenoxy) is 1. The highest BCUT2D eigenvalue weighted by Gasteiger charge is 2.14. The van der Waals surface area contributed by atoms with Gasteiger partial charge in [-0.15, -0.1) is 0 Å². The zero-order valence-corrected chi connectivity index (χ0v) is 12.2. The Morgan fingerprint density at radius 3 is 2.88 bits per heavy atom. The molecule has 0 spiro atoms. The maximum absolute atomic E-state index is 11.3. The molecule has 0 saturated heterocycles. The Hall–Kier alpha value is -0.820. The molecule has 4 nitrogen and oxygen atoms in total. The number of nitrogens with two attached hydrogens (primary N) is 1. The molecular formula is C12H17IN2O2. The van der Waals surface area contributed by atoms with E-state index >= 15 is 0 Å². The lowest BCUT2D eigenvalue weighted by Gasteiger charge is -2.16. The van der Waals surface area contributed by atoms with Gasteiger partial charge in [0.25, 0.3) is 0 Å². The smallest absolute Gasteiger partial charge is 0.327 e. The van der Waals surface area contributed by atoms with E-state index < -0.39 is 0 Å². The highest BCUT2D eigenvalue weighted by molar-refractivity contribution is 14.1. The van der Waals surface area contributed by atoms with Crippen LogP contribution in [-0.4, -0.2) is 25.7 Å². The van der Waals surface area contributed by atoms with E-state index in [0.717, 1.165) is 21.2 Å². The summed E-state index contributed by atoms with van der Waals surface area (Å²) in [6.07, 6.45) is 0.785. The Morgan fingerprint density at radius 2 is 2.29 bits per heavy atom. The van der Waals surface area contributed by atoms with Crippen LogP contribution in [0.5, 0.6) is 0 Å². The van der Waals surface area contributed by atoms with Gasteiger partial charge in [0.1, 0.15) is 6.04 Å². The molecule has 0 unspecified atom stereocenters. The predicted molar refractivity (Wildman–Crippen MR) is 77.0 cm³/mol. The van der Waals surface area contributed by atoms with Crippen LogP contribution in [0, 0.1) is 3.57 Å². The summed E-state index contributed by atoms with van der Waals surface area (Å²) in [5.41, 5.74) is 7.63. The number of nitrogens with one attached hydrogen (secondary N) is 1. The first-order valence-corrected chi connectivity index (χ1v) is 6.49. The average molecular weight is 348 g/mol. The molecular weight excluding hydrogens is 331 g/mol. The lowest BCUT2D eigenvalue weighted by atomic mass is 10.1. The maximum Gasteiger partial charge on any atom is 0.327 e. The Labute approximate surface area is 115 Å². The summed E-state index contributed by atoms with van der Waals surface area (Å²) >= 11 is 2.26. The quantitative estimate of drug-likeness (QED) is 0.629. The van der Waals surface area contributed by atoms with Crippen LogP contribution in [0.1, 0.15) is 12.5 Å². The first kappa shape index (κ1) is 14.2. The largest absolute Gasteiger partial charge is 0.467 e. The number of methoxy groups -OCH3 is 1. The van der Waals surface area contributed by atoms with Crippen molar-refractivity contribution in [2.75, 3.05) is 19.0 Å². The lowest BCUT2D eigenvalue weighted by Crippen LogP contribution is -2.27. The lowest BCUT2D eigenvalue weighted by molar-refractivity contribution is -0.141. The molecule has 0 fully saturated rings. The van der Waals surface area contributed by atoms with Crippen molar-refractivity contribution in [3.05, 3.63) is 27.3 Å². The van der Waals surface area contributed by atoms with Crippen LogP contribution in [0.15, 0.2) is 18.2 Å². The van der Waals surface area contributed by atoms with Gasteiger partial charge in [0.05, 0.1) is 7.11 Å². The average Bonchev–Trinajstić information content (AvgIpc) is 2.31. The topological polar surface area (TPSA) is 64.3 Å². The minimum absolute atomic E-state index is 0.276. The molecule has 3 N–H and O–H groups in total. The molecule has 0 amide bonds. The van der Waals surface area contributed by atoms with E-state index in [4.69, 9.17) is 5.73 Å². The van der Waals surface area contributed by atoms with Gasteiger partial charge in [0.2, 0.25) is 0 Å². The van der Waals surface area contributed by atoms with E-state index in [1.807, 2.05) is 12.1 Å². The number of carbonyl (C=O) groups is 1. The maximum atomic E-state index is 11.3. The molecule has 0 heterocycles. The summed E-state index contributed by atoms with van der Waals surface area (Å²) in [6, 6.07) is 5.66. The minimum atomic E-state index is -0.364. The number of hydrogen-bond donors (Lipinski definition) is 2. The van der Waals surface area contributed by atoms with Crippen LogP contribution in [-0.2, 0) is 16.0 Å². The van der Waals surface area contributed by atoms with Gasteiger partial charge in [0.15, 0.2) is 0 Å². The van der Waals surface area contributed by atoms with E-state index in [1.165, 1.54) is 7.11 Å². The Balaban J connectivity index is 2.85. The molecule has 17 heavy (non-hydrogen) atoms. The second-order valence-corrected chi connectivity index (χ2v) is 4.97. The number of esters is 1. The molecule has 5 heteroatoms. The monoisotopic (exact) mass is 348 g/mol. The third kappa shape index (κ3) is 4.16. The molecule has 1 aromatic carbocycles. The van der Waals surface area contributed by atoms with E-state index in [2.05, 4.69) is 38.7 Å². The summed E-state index contributed by atoms with van der Waals surface area (Å²) in [6.45, 7) is 2.36. The van der Waals surface area contributed by atoms with Crippen molar-refractivity contribution in [2.45, 2.75) is 19.4 Å². The zero-order valence-electron chi connectivity index (χ0n) is 10.00. The first-order valence-electron chi connectivity index (χ1n) is 5.41. The molecule has 0 aromatic heterocycles. The fraction of sp³-hybridized carbons (Fsp3) is 0.417. The van der Waals surface area contributed by atoms with Crippen molar-refractivity contribution in [2.24, 2.45) is 5.73 Å². The summed E-state index contributed by atoms with van der Waals surface area (Å²) in [5, 5.41) is 3.14. The molecule has 0 aliphatic heterocycles. The predicted octanol–water partition coefficient (Wildman–Crippen LogP) is 1.77. The van der Waals surface area contributed by atoms with Gasteiger partial charge in [0, 0.05) is 9.26 Å². The van der Waals surface area contributed by atoms with Gasteiger partial charge in [-0.3, -0.25) is 0 Å². The standard InChI is InChI=1S/C12H17IN2O2/c1-8(12(16)17-2)15-11-4-3-10(13)7-9(11)5-6-14/h3-4,7-8,15H,5-6,14H2,1-2H3/t8-/m0/s1. The van der Waals surface area contributed by atoms with Crippen molar-refractivity contribution < 1.29 is 9.53 Å². The summed E-state index contributed by atoms with van der Waals surface area (Å²) in [7, 11) is 1.38. The number of halogens is 1.